The Bertz CT molecular complexity index is 655. The number of hydrogen-bond acceptors (Lipinski definition) is 11. The van der Waals surface area contributed by atoms with Crippen LogP contribution in [-0.4, -0.2) is 69.3 Å². The molecule has 0 bridgehead atoms. The van der Waals surface area contributed by atoms with Crippen LogP contribution >= 0.6 is 37.9 Å². The standard InChI is InChI=1S/3C10H20O2S.C5H9O2.Sn/c3*1-2-3-4-5-6-7-8-9(13)10(11)12;1-4(2)5(6)7-3;/h3*9,13H,2-8H2,1H3,(H,11,12);4H,1H2,2-3H3;/q;;;;+3/p-3. The van der Waals surface area contributed by atoms with Crippen LogP contribution in [0.4, 0.5) is 0 Å². The Kier molecular flexibility index (Phi) is 47.7. The van der Waals surface area contributed by atoms with Crippen LogP contribution in [0.15, 0.2) is 0 Å². The molecule has 0 aromatic carbocycles. The number of rotatable bonds is 26. The second-order valence-electron chi connectivity index (χ2n) is 11.8. The molecule has 0 fully saturated rings. The quantitative estimate of drug-likeness (QED) is 0.0434. The Labute approximate surface area is 317 Å². The van der Waals surface area contributed by atoms with Gasteiger partial charge in [-0.1, -0.05) is 136 Å². The molecule has 4 unspecified atom stereocenters. The summed E-state index contributed by atoms with van der Waals surface area (Å²) in [6.07, 6.45) is 23.1. The zero-order valence-electron chi connectivity index (χ0n) is 30.0. The molecule has 0 saturated heterocycles. The Hall–Kier alpha value is -0.271. The number of carboxylic acid groups (broad SMARTS) is 3. The van der Waals surface area contributed by atoms with Crippen LogP contribution in [0.25, 0.3) is 0 Å². The second kappa shape index (κ2) is 41.9. The van der Waals surface area contributed by atoms with Crippen molar-refractivity contribution in [1.82, 2.24) is 0 Å². The zero-order valence-corrected chi connectivity index (χ0v) is 35.5. The van der Waals surface area contributed by atoms with Gasteiger partial charge in [0.05, 0.1) is 17.9 Å². The van der Waals surface area contributed by atoms with Crippen molar-refractivity contribution in [3.05, 3.63) is 0 Å². The van der Waals surface area contributed by atoms with Gasteiger partial charge in [0.2, 0.25) is 0 Å². The minimum atomic E-state index is -1.04. The molecule has 0 aliphatic rings. The Morgan fingerprint density at radius 1 is 0.532 bits per heavy atom. The van der Waals surface area contributed by atoms with Crippen molar-refractivity contribution >= 4 is 84.3 Å². The second-order valence-corrected chi connectivity index (χ2v) is 14.8. The number of carbonyl (C=O) groups excluding carboxylic acids is 4. The normalized spacial score (nSPS) is 12.8. The molecule has 0 aromatic rings. The van der Waals surface area contributed by atoms with Gasteiger partial charge < -0.3 is 29.7 Å². The van der Waals surface area contributed by atoms with E-state index in [1.807, 2.05) is 6.92 Å². The summed E-state index contributed by atoms with van der Waals surface area (Å²) < 4.78 is 5.42. The van der Waals surface area contributed by atoms with Gasteiger partial charge in [-0.05, 0) is 19.3 Å². The number of carbonyl (C=O) groups is 4. The van der Waals surface area contributed by atoms with Crippen molar-refractivity contribution < 1.29 is 39.2 Å². The van der Waals surface area contributed by atoms with E-state index in [1.165, 1.54) is 107 Å². The number of esters is 1. The summed E-state index contributed by atoms with van der Waals surface area (Å²) in [6.45, 7) is 8.42. The fourth-order valence-electron chi connectivity index (χ4n) is 3.99. The topological polar surface area (TPSA) is 147 Å². The summed E-state index contributed by atoms with van der Waals surface area (Å²) in [5, 5.41) is 29.1. The molecule has 0 N–H and O–H groups in total. The average molecular weight is 830 g/mol. The van der Waals surface area contributed by atoms with Crippen molar-refractivity contribution in [2.75, 3.05) is 7.11 Å². The van der Waals surface area contributed by atoms with Gasteiger partial charge >= 0.3 is 62.4 Å². The van der Waals surface area contributed by atoms with Gasteiger partial charge in [-0.25, -0.2) is 0 Å². The molecule has 0 radical (unpaired) electrons. The van der Waals surface area contributed by atoms with Crippen LogP contribution in [0, 0.1) is 5.92 Å². The van der Waals surface area contributed by atoms with E-state index < -0.39 is 33.7 Å². The van der Waals surface area contributed by atoms with Gasteiger partial charge in [0.1, 0.15) is 0 Å². The molecule has 47 heavy (non-hydrogen) atoms. The number of ether oxygens (including phenoxy) is 1. The number of unbranched alkanes of at least 4 members (excludes halogenated alkanes) is 15. The molecule has 0 spiro atoms. The Balaban J connectivity index is -0.000000266. The van der Waals surface area contributed by atoms with E-state index in [2.05, 4.69) is 63.4 Å². The minimum absolute atomic E-state index is 0.0956. The number of aliphatic carboxylic acids is 3. The number of thiol groups is 3. The summed E-state index contributed by atoms with van der Waals surface area (Å²) in [4.78, 5) is 41.4. The zero-order chi connectivity index (χ0) is 36.9. The number of carboxylic acids is 3. The Morgan fingerprint density at radius 3 is 0.936 bits per heavy atom. The third-order valence-electron chi connectivity index (χ3n) is 7.22. The predicted molar refractivity (Wildman–Crippen MR) is 199 cm³/mol. The van der Waals surface area contributed by atoms with Gasteiger partial charge in [-0.15, -0.1) is 0 Å². The maximum absolute atomic E-state index is 10.5. The van der Waals surface area contributed by atoms with E-state index in [-0.39, 0.29) is 11.9 Å². The molecule has 0 aliphatic carbocycles. The first-order valence-electron chi connectivity index (χ1n) is 17.7. The summed E-state index contributed by atoms with van der Waals surface area (Å²) in [7, 11) is 1.42. The SMILES string of the molecule is CCCCCCCCC(S)C(=O)[O-].CCCCCCCCC(S)C(=O)[O-].CCCCCCCCC(S)C(=O)[O-].COC(=O)C(C)[CH2][Sn+3]. The molecule has 0 saturated carbocycles. The fourth-order valence-corrected chi connectivity index (χ4v) is 5.02. The van der Waals surface area contributed by atoms with Crippen molar-refractivity contribution in [3.63, 3.8) is 0 Å². The van der Waals surface area contributed by atoms with Crippen molar-refractivity contribution in [2.45, 2.75) is 183 Å². The first kappa shape index (κ1) is 53.5. The van der Waals surface area contributed by atoms with Crippen LogP contribution in [0.5, 0.6) is 0 Å². The fraction of sp³-hybridized carbons (Fsp3) is 0.886. The van der Waals surface area contributed by atoms with E-state index in [0.29, 0.717) is 19.3 Å². The average Bonchev–Trinajstić information content (AvgIpc) is 3.05. The van der Waals surface area contributed by atoms with Crippen LogP contribution in [0.3, 0.4) is 0 Å². The van der Waals surface area contributed by atoms with Gasteiger partial charge in [0.15, 0.2) is 0 Å². The molecule has 4 atom stereocenters. The van der Waals surface area contributed by atoms with Crippen molar-refractivity contribution in [3.8, 4) is 0 Å². The molecule has 0 amide bonds. The summed E-state index contributed by atoms with van der Waals surface area (Å²) in [5.41, 5.74) is 0. The third-order valence-corrected chi connectivity index (χ3v) is 10.4. The van der Waals surface area contributed by atoms with Crippen LogP contribution in [0.1, 0.15) is 163 Å². The van der Waals surface area contributed by atoms with E-state index in [4.69, 9.17) is 0 Å². The van der Waals surface area contributed by atoms with Crippen LogP contribution in [-0.2, 0) is 23.9 Å². The van der Waals surface area contributed by atoms with Gasteiger partial charge in [0, 0.05) is 15.7 Å². The van der Waals surface area contributed by atoms with Crippen molar-refractivity contribution in [1.29, 1.82) is 0 Å². The first-order valence-corrected chi connectivity index (χ1v) is 21.2. The Morgan fingerprint density at radius 2 is 0.766 bits per heavy atom. The molecule has 0 aliphatic heterocycles. The molecule has 0 rings (SSSR count). The van der Waals surface area contributed by atoms with Crippen LogP contribution in [0.2, 0.25) is 4.44 Å². The molecule has 0 aromatic heterocycles. The van der Waals surface area contributed by atoms with E-state index in [9.17, 15) is 34.5 Å². The van der Waals surface area contributed by atoms with Gasteiger partial charge in [0.25, 0.3) is 0 Å². The monoisotopic (exact) mass is 830 g/mol. The molecule has 0 heterocycles. The summed E-state index contributed by atoms with van der Waals surface area (Å²) >= 11 is 13.1. The molecule has 12 heteroatoms. The summed E-state index contributed by atoms with van der Waals surface area (Å²) in [6, 6.07) is 0. The first-order chi connectivity index (χ1) is 22.3. The van der Waals surface area contributed by atoms with Crippen LogP contribution < -0.4 is 15.3 Å². The molecule has 276 valence electrons. The van der Waals surface area contributed by atoms with Gasteiger partial charge in [-0.3, -0.25) is 0 Å². The van der Waals surface area contributed by atoms with E-state index >= 15 is 0 Å². The maximum atomic E-state index is 10.5. The van der Waals surface area contributed by atoms with E-state index in [1.54, 1.807) is 0 Å². The summed E-state index contributed by atoms with van der Waals surface area (Å²) in [5.74, 6) is -3.13. The molecular weight excluding hydrogens is 763 g/mol. The predicted octanol–water partition coefficient (Wildman–Crippen LogP) is 5.74. The van der Waals surface area contributed by atoms with E-state index in [0.717, 1.165) is 43.0 Å². The van der Waals surface area contributed by atoms with Crippen molar-refractivity contribution in [2.24, 2.45) is 5.92 Å². The molecular formula is C35H66O8S3Sn. The number of hydrogen-bond donors (Lipinski definition) is 3. The molecule has 8 nitrogen and oxygen atoms in total. The van der Waals surface area contributed by atoms with Gasteiger partial charge in [-0.2, -0.15) is 37.9 Å². The third kappa shape index (κ3) is 45.7. The number of methoxy groups -OCH3 is 1.